The lowest BCUT2D eigenvalue weighted by atomic mass is 10.4. The second kappa shape index (κ2) is 6.20. The highest BCUT2D eigenvalue weighted by molar-refractivity contribution is 7.52. The monoisotopic (exact) mass is 260 g/mol. The average Bonchev–Trinajstić information content (AvgIpc) is 2.13. The fourth-order valence-corrected chi connectivity index (χ4v) is 1.55. The summed E-state index contributed by atoms with van der Waals surface area (Å²) in [5.74, 6) is 0. The van der Waals surface area contributed by atoms with E-state index >= 15 is 0 Å². The number of hydrogen-bond acceptors (Lipinski definition) is 8. The number of nitrogens with zero attached hydrogens (tertiary/aromatic N) is 2. The molecule has 0 aromatic heterocycles. The zero-order chi connectivity index (χ0) is 12.8. The van der Waals surface area contributed by atoms with Crippen molar-refractivity contribution < 1.29 is 33.8 Å². The highest BCUT2D eigenvalue weighted by atomic mass is 31.2. The Balaban J connectivity index is 4.36. The summed E-state index contributed by atoms with van der Waals surface area (Å²) >= 11 is 0. The number of hydrogen-bond donors (Lipinski definition) is 1. The van der Waals surface area contributed by atoms with Gasteiger partial charge < -0.3 is 19.1 Å². The maximum absolute atomic E-state index is 11.0. The summed E-state index contributed by atoms with van der Waals surface area (Å²) in [7, 11) is -3.16. The van der Waals surface area contributed by atoms with Gasteiger partial charge in [-0.2, -0.15) is 0 Å². The topological polar surface area (TPSA) is 151 Å². The summed E-state index contributed by atoms with van der Waals surface area (Å²) in [6.07, 6.45) is -2.35. The van der Waals surface area contributed by atoms with Crippen molar-refractivity contribution in [1.82, 2.24) is 0 Å². The molecule has 0 heterocycles. The molecule has 0 aliphatic heterocycles. The summed E-state index contributed by atoms with van der Waals surface area (Å²) in [6.45, 7) is -0.845. The van der Waals surface area contributed by atoms with Crippen molar-refractivity contribution in [3.8, 4) is 0 Å². The molecule has 0 rings (SSSR count). The molecule has 0 saturated heterocycles. The van der Waals surface area contributed by atoms with E-state index in [4.69, 9.17) is 4.89 Å². The van der Waals surface area contributed by atoms with E-state index in [0.29, 0.717) is 0 Å². The van der Waals surface area contributed by atoms with E-state index in [1.165, 1.54) is 0 Å². The Hall–Kier alpha value is -1.45. The van der Waals surface area contributed by atoms with E-state index in [1.54, 1.807) is 0 Å². The minimum atomic E-state index is -4.08. The van der Waals surface area contributed by atoms with Crippen molar-refractivity contribution in [2.24, 2.45) is 0 Å². The fourth-order valence-electron chi connectivity index (χ4n) is 0.714. The second-order valence-corrected chi connectivity index (χ2v) is 4.48. The standard InChI is InChI=1S/C4H9N2O9P/c1-13-16(11,12)3-4(15-6(9)10)2-14-5(7)8/h4H,2-3H2,1H3,(H,11,12). The summed E-state index contributed by atoms with van der Waals surface area (Å²) in [5, 5.41) is 17.3. The molecule has 0 saturated carbocycles. The van der Waals surface area contributed by atoms with E-state index in [1.807, 2.05) is 0 Å². The van der Waals surface area contributed by atoms with Crippen LogP contribution in [-0.4, -0.2) is 41.0 Å². The van der Waals surface area contributed by atoms with Crippen LogP contribution in [0.1, 0.15) is 0 Å². The fraction of sp³-hybridized carbons (Fsp3) is 1.00. The first-order valence-electron chi connectivity index (χ1n) is 3.73. The molecule has 0 bridgehead atoms. The Morgan fingerprint density at radius 1 is 1.38 bits per heavy atom. The molecule has 0 aromatic carbocycles. The van der Waals surface area contributed by atoms with Crippen molar-refractivity contribution in [3.63, 3.8) is 0 Å². The third kappa shape index (κ3) is 6.92. The average molecular weight is 260 g/mol. The van der Waals surface area contributed by atoms with Crippen LogP contribution in [0, 0.1) is 20.2 Å². The quantitative estimate of drug-likeness (QED) is 0.349. The third-order valence-electron chi connectivity index (χ3n) is 1.32. The smallest absolute Gasteiger partial charge is 0.324 e. The lowest BCUT2D eigenvalue weighted by Gasteiger charge is -2.16. The molecule has 0 fully saturated rings. The Kier molecular flexibility index (Phi) is 5.64. The van der Waals surface area contributed by atoms with Crippen molar-refractivity contribution in [2.75, 3.05) is 19.9 Å². The molecule has 0 radical (unpaired) electrons. The first-order valence-corrected chi connectivity index (χ1v) is 5.49. The Morgan fingerprint density at radius 3 is 2.31 bits per heavy atom. The van der Waals surface area contributed by atoms with Crippen LogP contribution in [0.2, 0.25) is 0 Å². The molecule has 0 spiro atoms. The summed E-state index contributed by atoms with van der Waals surface area (Å²) in [6, 6.07) is 0. The van der Waals surface area contributed by atoms with Gasteiger partial charge in [-0.3, -0.25) is 4.57 Å². The van der Waals surface area contributed by atoms with Gasteiger partial charge in [-0.1, -0.05) is 0 Å². The lowest BCUT2D eigenvalue weighted by Crippen LogP contribution is -2.28. The van der Waals surface area contributed by atoms with Gasteiger partial charge in [0.2, 0.25) is 0 Å². The predicted molar refractivity (Wildman–Crippen MR) is 46.5 cm³/mol. The number of rotatable bonds is 8. The molecule has 0 amide bonds. The van der Waals surface area contributed by atoms with Crippen LogP contribution >= 0.6 is 7.60 Å². The van der Waals surface area contributed by atoms with E-state index < -0.39 is 36.6 Å². The van der Waals surface area contributed by atoms with E-state index in [2.05, 4.69) is 14.2 Å². The van der Waals surface area contributed by atoms with Crippen LogP contribution < -0.4 is 0 Å². The van der Waals surface area contributed by atoms with E-state index in [0.717, 1.165) is 7.11 Å². The molecule has 94 valence electrons. The molecule has 16 heavy (non-hydrogen) atoms. The zero-order valence-corrected chi connectivity index (χ0v) is 8.94. The van der Waals surface area contributed by atoms with Crippen LogP contribution in [-0.2, 0) is 18.8 Å². The SMILES string of the molecule is COP(=O)(O)CC(CO[N+](=O)[O-])O[N+](=O)[O-]. The molecule has 12 heteroatoms. The van der Waals surface area contributed by atoms with Gasteiger partial charge in [-0.15, -0.1) is 20.2 Å². The summed E-state index contributed by atoms with van der Waals surface area (Å²) in [5.41, 5.74) is 0. The Bertz CT molecular complexity index is 306. The van der Waals surface area contributed by atoms with Crippen LogP contribution in [0.25, 0.3) is 0 Å². The summed E-state index contributed by atoms with van der Waals surface area (Å²) < 4.78 is 15.2. The van der Waals surface area contributed by atoms with Crippen LogP contribution in [0.5, 0.6) is 0 Å². The van der Waals surface area contributed by atoms with E-state index in [-0.39, 0.29) is 0 Å². The van der Waals surface area contributed by atoms with Gasteiger partial charge >= 0.3 is 7.60 Å². The first-order chi connectivity index (χ1) is 7.26. The third-order valence-corrected chi connectivity index (χ3v) is 2.76. The predicted octanol–water partition coefficient (Wildman–Crippen LogP) is -0.397. The van der Waals surface area contributed by atoms with Gasteiger partial charge in [0.1, 0.15) is 12.7 Å². The lowest BCUT2D eigenvalue weighted by molar-refractivity contribution is -0.788. The van der Waals surface area contributed by atoms with Crippen LogP contribution in [0.4, 0.5) is 0 Å². The van der Waals surface area contributed by atoms with Gasteiger partial charge in [-0.05, 0) is 0 Å². The molecular formula is C4H9N2O9P. The minimum Gasteiger partial charge on any atom is -0.324 e. The largest absolute Gasteiger partial charge is 0.330 e. The van der Waals surface area contributed by atoms with Crippen molar-refractivity contribution >= 4 is 7.60 Å². The molecule has 0 aliphatic carbocycles. The molecule has 1 N–H and O–H groups in total. The normalized spacial score (nSPS) is 15.9. The molecular weight excluding hydrogens is 251 g/mol. The van der Waals surface area contributed by atoms with Gasteiger partial charge in [-0.25, -0.2) is 0 Å². The van der Waals surface area contributed by atoms with Crippen molar-refractivity contribution in [1.29, 1.82) is 0 Å². The minimum absolute atomic E-state index is 0.793. The molecule has 0 aliphatic rings. The highest BCUT2D eigenvalue weighted by Crippen LogP contribution is 2.41. The first kappa shape index (κ1) is 14.6. The van der Waals surface area contributed by atoms with Gasteiger partial charge in [0.15, 0.2) is 0 Å². The van der Waals surface area contributed by atoms with Crippen molar-refractivity contribution in [3.05, 3.63) is 20.2 Å². The summed E-state index contributed by atoms with van der Waals surface area (Å²) in [4.78, 5) is 36.5. The Morgan fingerprint density at radius 2 is 1.94 bits per heavy atom. The van der Waals surface area contributed by atoms with Crippen LogP contribution in [0.15, 0.2) is 0 Å². The van der Waals surface area contributed by atoms with Gasteiger partial charge in [0, 0.05) is 7.11 Å². The second-order valence-electron chi connectivity index (χ2n) is 2.47. The van der Waals surface area contributed by atoms with Crippen molar-refractivity contribution in [2.45, 2.75) is 6.10 Å². The molecule has 2 atom stereocenters. The van der Waals surface area contributed by atoms with E-state index in [9.17, 15) is 24.8 Å². The van der Waals surface area contributed by atoms with Crippen LogP contribution in [0.3, 0.4) is 0 Å². The zero-order valence-electron chi connectivity index (χ0n) is 8.05. The molecule has 11 nitrogen and oxygen atoms in total. The van der Waals surface area contributed by atoms with Gasteiger partial charge in [0.05, 0.1) is 6.16 Å². The molecule has 0 aromatic rings. The molecule has 2 unspecified atom stereocenters. The maximum Gasteiger partial charge on any atom is 0.330 e. The Labute approximate surface area is 88.6 Å². The highest BCUT2D eigenvalue weighted by Gasteiger charge is 2.27. The maximum atomic E-state index is 11.0. The van der Waals surface area contributed by atoms with Gasteiger partial charge in [0.25, 0.3) is 10.2 Å².